The molecule has 0 unspecified atom stereocenters. The van der Waals surface area contributed by atoms with Gasteiger partial charge in [-0.3, -0.25) is 4.79 Å². The quantitative estimate of drug-likeness (QED) is 0.158. The number of aliphatic hydroxyl groups is 6. The first-order valence-corrected chi connectivity index (χ1v) is 24.7. The number of aliphatic hydroxyl groups excluding tert-OH is 4. The van der Waals surface area contributed by atoms with Crippen molar-refractivity contribution in [3.05, 3.63) is 47.8 Å². The lowest BCUT2D eigenvalue weighted by Crippen LogP contribution is -2.61. The Morgan fingerprint density at radius 3 is 2.26 bits per heavy atom. The number of ether oxygens (including phenoxy) is 6. The van der Waals surface area contributed by atoms with E-state index in [1.165, 1.54) is 14.0 Å². The lowest BCUT2D eigenvalue weighted by molar-refractivity contribution is -0.318. The fourth-order valence-electron chi connectivity index (χ4n) is 10.8. The van der Waals surface area contributed by atoms with Crippen molar-refractivity contribution in [2.24, 2.45) is 17.8 Å². The summed E-state index contributed by atoms with van der Waals surface area (Å²) in [4.78, 5) is 18.4. The molecule has 6 N–H and O–H groups in total. The van der Waals surface area contributed by atoms with E-state index in [1.54, 1.807) is 46.2 Å². The lowest BCUT2D eigenvalue weighted by atomic mass is 9.77. The Hall–Kier alpha value is -2.69. The maximum atomic E-state index is 14.5. The molecule has 0 aliphatic carbocycles. The zero-order chi connectivity index (χ0) is 50.6. The highest BCUT2D eigenvalue weighted by Gasteiger charge is 2.53. The number of benzene rings is 1. The summed E-state index contributed by atoms with van der Waals surface area (Å²) in [7, 11) is 5.26. The number of carbonyl (C=O) groups is 1. The van der Waals surface area contributed by atoms with Crippen molar-refractivity contribution in [3.63, 3.8) is 0 Å². The van der Waals surface area contributed by atoms with Crippen LogP contribution in [0.2, 0.25) is 0 Å². The first kappa shape index (κ1) is 56.2. The Morgan fingerprint density at radius 1 is 0.971 bits per heavy atom. The molecular formula is C50H85N5O13. The predicted octanol–water partition coefficient (Wildman–Crippen LogP) is 3.40. The highest BCUT2D eigenvalue weighted by atomic mass is 16.7. The van der Waals surface area contributed by atoms with E-state index in [2.05, 4.69) is 10.3 Å². The normalized spacial score (nSPS) is 41.7. The van der Waals surface area contributed by atoms with Gasteiger partial charge in [-0.2, -0.15) is 0 Å². The molecule has 3 fully saturated rings. The SMILES string of the molecule is CC[C@H]1OC(=O)[C@H](C)[C@@H](O[C@H]2C[C@@](C)(OC)[C@@H](O)[C@H](C)O2)[C@H](C)[C@@H](O[C@@H]2O[C@H](C)C[C@H](N(C)CCc3cn([C@@H](C)[C@@H](O)c4ccccc4)nn3)[C@H]2O)[C@](C)(O)C[C@@H](C)CN(C)[C@H](C)[C@@H](O)[C@]1(C)O. The standard InChI is InChI=1S/C50H85N5O13/c1-15-38-50(11,62)43(58)33(7)54(13)26-28(2)24-48(9,61)45(30(4)42(31(5)46(60)66-38)67-39-25-49(10,63-14)44(59)34(8)65-39)68-47-41(57)37(23-29(3)64-47)53(12)22-21-36-27-55(52-51-36)32(6)40(56)35-19-17-16-18-20-35/h16-20,27-34,37-45,47,56-59,61-62H,15,21-26H2,1-14H3/t28-,29-,30+,31-,32+,33-,34+,37+,38-,39+,40-,41-,42+,43-,44+,45-,47+,48-,49-,50-/m1/s1. The first-order valence-electron chi connectivity index (χ1n) is 24.7. The van der Waals surface area contributed by atoms with Gasteiger partial charge in [0.05, 0.1) is 53.3 Å². The summed E-state index contributed by atoms with van der Waals surface area (Å²) in [5.74, 6) is -2.79. The Kier molecular flexibility index (Phi) is 19.2. The fraction of sp³-hybridized carbons (Fsp3) is 0.820. The minimum absolute atomic E-state index is 0.0998. The number of hydrogen-bond donors (Lipinski definition) is 6. The Morgan fingerprint density at radius 2 is 1.63 bits per heavy atom. The van der Waals surface area contributed by atoms with E-state index in [9.17, 15) is 35.4 Å². The van der Waals surface area contributed by atoms with Crippen LogP contribution in [0.5, 0.6) is 0 Å². The number of nitrogens with zero attached hydrogens (tertiary/aromatic N) is 5. The molecule has 3 aliphatic heterocycles. The fourth-order valence-corrected chi connectivity index (χ4v) is 10.8. The number of aromatic nitrogens is 3. The minimum atomic E-state index is -1.84. The van der Waals surface area contributed by atoms with Gasteiger partial charge in [-0.15, -0.1) is 5.10 Å². The molecule has 20 atom stereocenters. The monoisotopic (exact) mass is 964 g/mol. The smallest absolute Gasteiger partial charge is 0.311 e. The van der Waals surface area contributed by atoms with E-state index in [4.69, 9.17) is 28.4 Å². The molecule has 388 valence electrons. The summed E-state index contributed by atoms with van der Waals surface area (Å²) in [6.07, 6.45) is -7.54. The second-order valence-corrected chi connectivity index (χ2v) is 21.2. The van der Waals surface area contributed by atoms with Crippen LogP contribution >= 0.6 is 0 Å². The van der Waals surface area contributed by atoms with Crippen molar-refractivity contribution in [2.45, 2.75) is 211 Å². The van der Waals surface area contributed by atoms with Crippen LogP contribution in [-0.2, 0) is 39.6 Å². The first-order chi connectivity index (χ1) is 31.8. The van der Waals surface area contributed by atoms with Gasteiger partial charge < -0.3 is 68.9 Å². The van der Waals surface area contributed by atoms with E-state index in [1.807, 2.05) is 88.1 Å². The number of carbonyl (C=O) groups excluding carboxylic acids is 1. The van der Waals surface area contributed by atoms with E-state index in [-0.39, 0.29) is 37.3 Å². The number of likely N-dealkylation sites (N-methyl/N-ethyl adjacent to an activating group) is 2. The topological polar surface area (TPSA) is 231 Å². The number of hydrogen-bond acceptors (Lipinski definition) is 17. The van der Waals surface area contributed by atoms with Gasteiger partial charge in [-0.05, 0) is 100 Å². The maximum absolute atomic E-state index is 14.5. The van der Waals surface area contributed by atoms with Crippen LogP contribution in [0.4, 0.5) is 0 Å². The molecule has 18 heteroatoms. The van der Waals surface area contributed by atoms with Crippen molar-refractivity contribution < 1.29 is 63.9 Å². The zero-order valence-corrected chi connectivity index (χ0v) is 43.0. The molecule has 0 radical (unpaired) electrons. The summed E-state index contributed by atoms with van der Waals surface area (Å²) >= 11 is 0. The summed E-state index contributed by atoms with van der Waals surface area (Å²) in [6, 6.07) is 8.04. The van der Waals surface area contributed by atoms with Gasteiger partial charge in [0, 0.05) is 57.2 Å². The third-order valence-electron chi connectivity index (χ3n) is 15.4. The van der Waals surface area contributed by atoms with Crippen molar-refractivity contribution >= 4 is 5.97 Å². The maximum Gasteiger partial charge on any atom is 0.311 e. The van der Waals surface area contributed by atoms with Gasteiger partial charge in [0.1, 0.15) is 36.1 Å². The summed E-state index contributed by atoms with van der Waals surface area (Å²) < 4.78 is 39.9. The van der Waals surface area contributed by atoms with Gasteiger partial charge in [-0.25, -0.2) is 4.68 Å². The molecule has 3 aliphatic rings. The Balaban J connectivity index is 1.45. The molecule has 4 heterocycles. The van der Waals surface area contributed by atoms with E-state index < -0.39 is 108 Å². The van der Waals surface area contributed by atoms with Gasteiger partial charge in [0.15, 0.2) is 12.6 Å². The van der Waals surface area contributed by atoms with Crippen molar-refractivity contribution in [1.82, 2.24) is 24.8 Å². The number of cyclic esters (lactones) is 1. The highest BCUT2D eigenvalue weighted by molar-refractivity contribution is 5.73. The van der Waals surface area contributed by atoms with Gasteiger partial charge in [0.2, 0.25) is 0 Å². The van der Waals surface area contributed by atoms with Crippen molar-refractivity contribution in [2.75, 3.05) is 34.3 Å². The molecule has 0 saturated carbocycles. The van der Waals surface area contributed by atoms with Crippen LogP contribution < -0.4 is 0 Å². The van der Waals surface area contributed by atoms with Crippen LogP contribution in [0, 0.1) is 17.8 Å². The van der Waals surface area contributed by atoms with Crippen LogP contribution in [-0.4, -0.2) is 186 Å². The van der Waals surface area contributed by atoms with Gasteiger partial charge >= 0.3 is 5.97 Å². The van der Waals surface area contributed by atoms with Crippen LogP contribution in [0.25, 0.3) is 0 Å². The molecular weight excluding hydrogens is 879 g/mol. The van der Waals surface area contributed by atoms with E-state index in [0.717, 1.165) is 11.3 Å². The van der Waals surface area contributed by atoms with Crippen LogP contribution in [0.3, 0.4) is 0 Å². The van der Waals surface area contributed by atoms with Crippen LogP contribution in [0.1, 0.15) is 125 Å². The summed E-state index contributed by atoms with van der Waals surface area (Å²) in [5.41, 5.74) is -3.03. The summed E-state index contributed by atoms with van der Waals surface area (Å²) in [6.45, 7) is 20.3. The average Bonchev–Trinajstić information content (AvgIpc) is 3.78. The highest BCUT2D eigenvalue weighted by Crippen LogP contribution is 2.40. The Bertz CT molecular complexity index is 1880. The molecule has 0 bridgehead atoms. The molecule has 5 rings (SSSR count). The van der Waals surface area contributed by atoms with Crippen LogP contribution in [0.15, 0.2) is 36.5 Å². The van der Waals surface area contributed by atoms with Gasteiger partial charge in [0.25, 0.3) is 0 Å². The molecule has 3 saturated heterocycles. The molecule has 68 heavy (non-hydrogen) atoms. The molecule has 1 aromatic carbocycles. The lowest BCUT2D eigenvalue weighted by Gasteiger charge is -2.49. The molecule has 0 amide bonds. The van der Waals surface area contributed by atoms with E-state index in [0.29, 0.717) is 25.9 Å². The largest absolute Gasteiger partial charge is 0.459 e. The Labute approximate surface area is 404 Å². The molecule has 1 aromatic heterocycles. The predicted molar refractivity (Wildman–Crippen MR) is 253 cm³/mol. The second kappa shape index (κ2) is 23.2. The zero-order valence-electron chi connectivity index (χ0n) is 43.0. The van der Waals surface area contributed by atoms with Gasteiger partial charge in [-0.1, -0.05) is 56.3 Å². The van der Waals surface area contributed by atoms with Crippen molar-refractivity contribution in [1.29, 1.82) is 0 Å². The second-order valence-electron chi connectivity index (χ2n) is 21.2. The molecule has 18 nitrogen and oxygen atoms in total. The van der Waals surface area contributed by atoms with E-state index >= 15 is 0 Å². The molecule has 2 aromatic rings. The number of methoxy groups -OCH3 is 1. The minimum Gasteiger partial charge on any atom is -0.459 e. The third kappa shape index (κ3) is 12.8. The summed E-state index contributed by atoms with van der Waals surface area (Å²) in [5, 5.41) is 79.3. The number of esters is 1. The third-order valence-corrected chi connectivity index (χ3v) is 15.4. The number of rotatable bonds is 13. The molecule has 0 spiro atoms. The van der Waals surface area contributed by atoms with Crippen molar-refractivity contribution in [3.8, 4) is 0 Å². The average molecular weight is 964 g/mol.